The molecule has 0 aliphatic heterocycles. The molecule has 4 nitrogen and oxygen atoms in total. The van der Waals surface area contributed by atoms with Gasteiger partial charge in [-0.2, -0.15) is 5.26 Å². The van der Waals surface area contributed by atoms with E-state index in [0.717, 1.165) is 11.8 Å². The molecule has 0 saturated carbocycles. The van der Waals surface area contributed by atoms with Crippen molar-refractivity contribution in [1.82, 2.24) is 9.97 Å². The average Bonchev–Trinajstić information content (AvgIpc) is 2.26. The maximum absolute atomic E-state index is 8.91. The van der Waals surface area contributed by atoms with Gasteiger partial charge in [0.15, 0.2) is 6.10 Å². The van der Waals surface area contributed by atoms with Crippen molar-refractivity contribution >= 4 is 15.9 Å². The van der Waals surface area contributed by atoms with Gasteiger partial charge in [0.25, 0.3) is 0 Å². The van der Waals surface area contributed by atoms with Crippen LogP contribution in [-0.4, -0.2) is 21.9 Å². The monoisotopic (exact) mass is 269 g/mol. The Labute approximate surface area is 97.4 Å². The molecule has 1 aromatic rings. The van der Waals surface area contributed by atoms with Crippen LogP contribution in [0.25, 0.3) is 0 Å². The molecule has 5 heteroatoms. The lowest BCUT2D eigenvalue weighted by molar-refractivity contribution is 0.0910. The number of hydrogen-bond acceptors (Lipinski definition) is 4. The number of rotatable bonds is 5. The van der Waals surface area contributed by atoms with Gasteiger partial charge < -0.3 is 4.74 Å². The van der Waals surface area contributed by atoms with Crippen LogP contribution >= 0.6 is 15.9 Å². The molecule has 0 aliphatic rings. The summed E-state index contributed by atoms with van der Waals surface area (Å²) in [5, 5.41) is 9.78. The zero-order valence-corrected chi connectivity index (χ0v) is 10.1. The second-order valence-corrected chi connectivity index (χ2v) is 3.78. The van der Waals surface area contributed by atoms with Gasteiger partial charge >= 0.3 is 0 Å². The Kier molecular flexibility index (Phi) is 5.22. The van der Waals surface area contributed by atoms with E-state index < -0.39 is 6.10 Å². The molecule has 0 fully saturated rings. The Morgan fingerprint density at radius 3 is 2.73 bits per heavy atom. The van der Waals surface area contributed by atoms with Crippen molar-refractivity contribution in [3.05, 3.63) is 23.8 Å². The molecule has 1 rings (SSSR count). The lowest BCUT2D eigenvalue weighted by Gasteiger charge is -2.09. The van der Waals surface area contributed by atoms with E-state index in [1.54, 1.807) is 19.3 Å². The molecule has 0 N–H and O–H groups in total. The lowest BCUT2D eigenvalue weighted by atomic mass is 10.2. The van der Waals surface area contributed by atoms with Gasteiger partial charge in [0, 0.05) is 29.9 Å². The third kappa shape index (κ3) is 3.94. The van der Waals surface area contributed by atoms with Crippen LogP contribution in [-0.2, 0) is 4.74 Å². The fourth-order valence-corrected chi connectivity index (χ4v) is 1.23. The number of aryl methyl sites for hydroxylation is 1. The van der Waals surface area contributed by atoms with Crippen molar-refractivity contribution in [3.63, 3.8) is 0 Å². The van der Waals surface area contributed by atoms with Crippen LogP contribution in [0.15, 0.2) is 12.4 Å². The first kappa shape index (κ1) is 12.1. The van der Waals surface area contributed by atoms with E-state index in [9.17, 15) is 0 Å². The molecule has 0 aliphatic carbocycles. The van der Waals surface area contributed by atoms with E-state index in [1.165, 1.54) is 0 Å². The van der Waals surface area contributed by atoms with Crippen LogP contribution in [0.2, 0.25) is 0 Å². The number of alkyl halides is 1. The molecule has 0 radical (unpaired) electrons. The van der Waals surface area contributed by atoms with E-state index >= 15 is 0 Å². The molecule has 0 aromatic carbocycles. The normalized spacial score (nSPS) is 12.1. The van der Waals surface area contributed by atoms with Crippen LogP contribution in [0.5, 0.6) is 0 Å². The van der Waals surface area contributed by atoms with Gasteiger partial charge in [-0.15, -0.1) is 0 Å². The molecule has 0 unspecified atom stereocenters. The highest BCUT2D eigenvalue weighted by atomic mass is 79.9. The average molecular weight is 270 g/mol. The quantitative estimate of drug-likeness (QED) is 0.607. The van der Waals surface area contributed by atoms with E-state index in [-0.39, 0.29) is 0 Å². The summed E-state index contributed by atoms with van der Waals surface area (Å²) < 4.78 is 5.39. The standard InChI is InChI=1S/C10H12BrN3O/c1-8-13-6-9(7-14-8)10(5-12)15-4-2-3-11/h6-7,10H,2-4H2,1H3/t10-/m1/s1. The summed E-state index contributed by atoms with van der Waals surface area (Å²) in [6.07, 6.45) is 3.57. The van der Waals surface area contributed by atoms with E-state index in [0.29, 0.717) is 18.0 Å². The van der Waals surface area contributed by atoms with E-state index in [2.05, 4.69) is 32.0 Å². The third-order valence-electron chi connectivity index (χ3n) is 1.78. The molecule has 15 heavy (non-hydrogen) atoms. The first-order chi connectivity index (χ1) is 7.27. The summed E-state index contributed by atoms with van der Waals surface area (Å²) in [4.78, 5) is 8.05. The van der Waals surface area contributed by atoms with Crippen molar-refractivity contribution in [1.29, 1.82) is 5.26 Å². The van der Waals surface area contributed by atoms with Crippen molar-refractivity contribution < 1.29 is 4.74 Å². The third-order valence-corrected chi connectivity index (χ3v) is 2.34. The molecular formula is C10H12BrN3O. The highest BCUT2D eigenvalue weighted by Gasteiger charge is 2.11. The fourth-order valence-electron chi connectivity index (χ4n) is 1.00. The number of ether oxygens (including phenoxy) is 1. The minimum Gasteiger partial charge on any atom is -0.358 e. The minimum absolute atomic E-state index is 0.553. The summed E-state index contributed by atoms with van der Waals surface area (Å²) in [6, 6.07) is 2.08. The largest absolute Gasteiger partial charge is 0.358 e. The Morgan fingerprint density at radius 1 is 1.53 bits per heavy atom. The Balaban J connectivity index is 2.59. The predicted molar refractivity (Wildman–Crippen MR) is 59.5 cm³/mol. The van der Waals surface area contributed by atoms with Crippen molar-refractivity contribution in [2.24, 2.45) is 0 Å². The van der Waals surface area contributed by atoms with Crippen molar-refractivity contribution in [2.45, 2.75) is 19.4 Å². The Bertz CT molecular complexity index is 334. The lowest BCUT2D eigenvalue weighted by Crippen LogP contribution is -2.05. The molecule has 80 valence electrons. The van der Waals surface area contributed by atoms with Gasteiger partial charge in [0.05, 0.1) is 6.07 Å². The van der Waals surface area contributed by atoms with Crippen molar-refractivity contribution in [3.8, 4) is 6.07 Å². The van der Waals surface area contributed by atoms with E-state index in [1.807, 2.05) is 0 Å². The Hall–Kier alpha value is -0.990. The first-order valence-electron chi connectivity index (χ1n) is 4.63. The van der Waals surface area contributed by atoms with Crippen molar-refractivity contribution in [2.75, 3.05) is 11.9 Å². The van der Waals surface area contributed by atoms with Crippen LogP contribution in [0, 0.1) is 18.3 Å². The molecular weight excluding hydrogens is 258 g/mol. The SMILES string of the molecule is Cc1ncc([C@@H](C#N)OCCCBr)cn1. The van der Waals surface area contributed by atoms with Crippen LogP contribution in [0.1, 0.15) is 23.9 Å². The van der Waals surface area contributed by atoms with Gasteiger partial charge in [0.1, 0.15) is 5.82 Å². The molecule has 1 atom stereocenters. The number of nitrogens with zero attached hydrogens (tertiary/aromatic N) is 3. The number of hydrogen-bond donors (Lipinski definition) is 0. The smallest absolute Gasteiger partial charge is 0.172 e. The minimum atomic E-state index is -0.565. The van der Waals surface area contributed by atoms with Gasteiger partial charge in [-0.25, -0.2) is 9.97 Å². The highest BCUT2D eigenvalue weighted by Crippen LogP contribution is 2.14. The van der Waals surface area contributed by atoms with Gasteiger partial charge in [-0.3, -0.25) is 0 Å². The molecule has 1 aromatic heterocycles. The molecule has 1 heterocycles. The molecule has 0 amide bonds. The number of halogens is 1. The predicted octanol–water partition coefficient (Wildman–Crippen LogP) is 2.15. The number of aromatic nitrogens is 2. The number of nitriles is 1. The summed E-state index contributed by atoms with van der Waals surface area (Å²) in [5.74, 6) is 0.691. The summed E-state index contributed by atoms with van der Waals surface area (Å²) in [5.41, 5.74) is 0.706. The van der Waals surface area contributed by atoms with Gasteiger partial charge in [-0.05, 0) is 13.3 Å². The molecule has 0 spiro atoms. The maximum atomic E-state index is 8.91. The first-order valence-corrected chi connectivity index (χ1v) is 5.76. The zero-order valence-electron chi connectivity index (χ0n) is 8.48. The fraction of sp³-hybridized carbons (Fsp3) is 0.500. The molecule has 0 bridgehead atoms. The van der Waals surface area contributed by atoms with Gasteiger partial charge in [0.2, 0.25) is 0 Å². The maximum Gasteiger partial charge on any atom is 0.172 e. The summed E-state index contributed by atoms with van der Waals surface area (Å²) >= 11 is 3.30. The van der Waals surface area contributed by atoms with Crippen LogP contribution < -0.4 is 0 Å². The van der Waals surface area contributed by atoms with Gasteiger partial charge in [-0.1, -0.05) is 15.9 Å². The van der Waals surface area contributed by atoms with Crippen LogP contribution in [0.3, 0.4) is 0 Å². The summed E-state index contributed by atoms with van der Waals surface area (Å²) in [6.45, 7) is 2.36. The topological polar surface area (TPSA) is 58.8 Å². The van der Waals surface area contributed by atoms with Crippen LogP contribution in [0.4, 0.5) is 0 Å². The van der Waals surface area contributed by atoms with E-state index in [4.69, 9.17) is 10.00 Å². The molecule has 0 saturated heterocycles. The summed E-state index contributed by atoms with van der Waals surface area (Å²) in [7, 11) is 0. The Morgan fingerprint density at radius 2 is 2.20 bits per heavy atom. The second kappa shape index (κ2) is 6.49. The highest BCUT2D eigenvalue weighted by molar-refractivity contribution is 9.09. The zero-order chi connectivity index (χ0) is 11.1. The second-order valence-electron chi connectivity index (χ2n) is 2.99.